The molecule has 0 radical (unpaired) electrons. The van der Waals surface area contributed by atoms with Crippen LogP contribution >= 0.6 is 11.6 Å². The molecule has 0 spiro atoms. The maximum absolute atomic E-state index is 12.7. The zero-order chi connectivity index (χ0) is 16.4. The molecule has 0 amide bonds. The molecule has 0 aliphatic heterocycles. The van der Waals surface area contributed by atoms with E-state index in [1.807, 2.05) is 31.2 Å². The van der Waals surface area contributed by atoms with Crippen LogP contribution in [0.5, 0.6) is 5.75 Å². The highest BCUT2D eigenvalue weighted by atomic mass is 35.5. The van der Waals surface area contributed by atoms with Gasteiger partial charge in [-0.2, -0.15) is 0 Å². The fourth-order valence-corrected chi connectivity index (χ4v) is 2.47. The van der Waals surface area contributed by atoms with Crippen molar-refractivity contribution in [3.05, 3.63) is 63.3 Å². The van der Waals surface area contributed by atoms with Crippen LogP contribution in [-0.2, 0) is 4.74 Å². The summed E-state index contributed by atoms with van der Waals surface area (Å²) in [6.45, 7) is 1.94. The van der Waals surface area contributed by atoms with E-state index in [1.54, 1.807) is 18.2 Å². The van der Waals surface area contributed by atoms with Crippen LogP contribution in [0.3, 0.4) is 0 Å². The van der Waals surface area contributed by atoms with Gasteiger partial charge in [0.15, 0.2) is 12.6 Å². The van der Waals surface area contributed by atoms with Gasteiger partial charge in [-0.25, -0.2) is 0 Å². The minimum absolute atomic E-state index is 0.0459. The van der Waals surface area contributed by atoms with E-state index in [0.29, 0.717) is 21.8 Å². The number of hydrogen-bond donors (Lipinski definition) is 0. The van der Waals surface area contributed by atoms with Gasteiger partial charge in [0.2, 0.25) is 11.2 Å². The molecule has 3 rings (SSSR count). The first kappa shape index (κ1) is 15.6. The smallest absolute Gasteiger partial charge is 0.235 e. The third-order valence-corrected chi connectivity index (χ3v) is 3.68. The summed E-state index contributed by atoms with van der Waals surface area (Å²) in [5.74, 6) is 0.493. The third-order valence-electron chi connectivity index (χ3n) is 3.45. The van der Waals surface area contributed by atoms with Gasteiger partial charge in [-0.05, 0) is 25.1 Å². The zero-order valence-corrected chi connectivity index (χ0v) is 13.5. The van der Waals surface area contributed by atoms with Gasteiger partial charge in [-0.15, -0.1) is 0 Å². The van der Waals surface area contributed by atoms with Crippen LogP contribution in [-0.4, -0.2) is 13.9 Å². The molecule has 0 bridgehead atoms. The van der Waals surface area contributed by atoms with Crippen molar-refractivity contribution in [2.24, 2.45) is 0 Å². The molecule has 0 N–H and O–H groups in total. The molecule has 2 aromatic carbocycles. The molecule has 3 aromatic rings. The lowest BCUT2D eigenvalue weighted by atomic mass is 10.1. The monoisotopic (exact) mass is 330 g/mol. The van der Waals surface area contributed by atoms with Crippen molar-refractivity contribution < 1.29 is 13.9 Å². The predicted octanol–water partition coefficient (Wildman–Crippen LogP) is 4.40. The summed E-state index contributed by atoms with van der Waals surface area (Å²) < 4.78 is 16.3. The Balaban J connectivity index is 2.27. The average Bonchev–Trinajstić information content (AvgIpc) is 2.55. The van der Waals surface area contributed by atoms with E-state index in [2.05, 4.69) is 0 Å². The van der Waals surface area contributed by atoms with Gasteiger partial charge in [0.25, 0.3) is 0 Å². The number of aryl methyl sites for hydroxylation is 1. The standard InChI is InChI=1S/C18H15ClO4/c1-11-3-5-12(6-4-11)17-18(22-10-21-2)16(20)14-9-13(19)7-8-15(14)23-17/h3-9H,10H2,1-2H3. The largest absolute Gasteiger partial charge is 0.459 e. The summed E-state index contributed by atoms with van der Waals surface area (Å²) in [6, 6.07) is 12.6. The molecule has 0 aliphatic carbocycles. The molecule has 1 aromatic heterocycles. The molecule has 5 heteroatoms. The molecule has 0 aliphatic rings. The molecule has 1 heterocycles. The third kappa shape index (κ3) is 3.09. The number of ether oxygens (including phenoxy) is 2. The van der Waals surface area contributed by atoms with Crippen LogP contribution in [0.25, 0.3) is 22.3 Å². The van der Waals surface area contributed by atoms with Gasteiger partial charge in [0.1, 0.15) is 5.58 Å². The van der Waals surface area contributed by atoms with E-state index < -0.39 is 0 Å². The fourth-order valence-electron chi connectivity index (χ4n) is 2.29. The van der Waals surface area contributed by atoms with Gasteiger partial charge in [-0.1, -0.05) is 41.4 Å². The van der Waals surface area contributed by atoms with E-state index >= 15 is 0 Å². The normalized spacial score (nSPS) is 10.9. The van der Waals surface area contributed by atoms with Crippen LogP contribution in [0.1, 0.15) is 5.56 Å². The Morgan fingerprint density at radius 2 is 1.87 bits per heavy atom. The topological polar surface area (TPSA) is 48.7 Å². The van der Waals surface area contributed by atoms with E-state index in [0.717, 1.165) is 11.1 Å². The minimum atomic E-state index is -0.277. The molecule has 0 saturated heterocycles. The maximum atomic E-state index is 12.7. The van der Waals surface area contributed by atoms with Crippen LogP contribution in [0.15, 0.2) is 51.7 Å². The number of benzene rings is 2. The van der Waals surface area contributed by atoms with Crippen molar-refractivity contribution in [3.8, 4) is 17.1 Å². The quantitative estimate of drug-likeness (QED) is 0.665. The Morgan fingerprint density at radius 3 is 2.57 bits per heavy atom. The number of rotatable bonds is 4. The summed E-state index contributed by atoms with van der Waals surface area (Å²) in [6.07, 6.45) is 0. The predicted molar refractivity (Wildman–Crippen MR) is 90.2 cm³/mol. The SMILES string of the molecule is COCOc1c(-c2ccc(C)cc2)oc2ccc(Cl)cc2c1=O. The fraction of sp³-hybridized carbons (Fsp3) is 0.167. The van der Waals surface area contributed by atoms with Gasteiger partial charge in [-0.3, -0.25) is 4.79 Å². The van der Waals surface area contributed by atoms with Gasteiger partial charge in [0.05, 0.1) is 5.39 Å². The molecule has 118 valence electrons. The van der Waals surface area contributed by atoms with Crippen molar-refractivity contribution in [1.29, 1.82) is 0 Å². The summed E-state index contributed by atoms with van der Waals surface area (Å²) in [4.78, 5) is 12.7. The van der Waals surface area contributed by atoms with E-state index in [9.17, 15) is 4.79 Å². The molecule has 0 unspecified atom stereocenters. The average molecular weight is 331 g/mol. The Hall–Kier alpha value is -2.30. The highest BCUT2D eigenvalue weighted by molar-refractivity contribution is 6.31. The molecular weight excluding hydrogens is 316 g/mol. The first-order valence-corrected chi connectivity index (χ1v) is 7.43. The second-order valence-electron chi connectivity index (χ2n) is 5.15. The Kier molecular flexibility index (Phi) is 4.37. The Labute approximate surface area is 138 Å². The van der Waals surface area contributed by atoms with Crippen LogP contribution in [0, 0.1) is 6.92 Å². The second kappa shape index (κ2) is 6.44. The van der Waals surface area contributed by atoms with Gasteiger partial charge < -0.3 is 13.9 Å². The van der Waals surface area contributed by atoms with Crippen molar-refractivity contribution in [1.82, 2.24) is 0 Å². The molecule has 23 heavy (non-hydrogen) atoms. The van der Waals surface area contributed by atoms with E-state index in [-0.39, 0.29) is 18.0 Å². The highest BCUT2D eigenvalue weighted by Gasteiger charge is 2.18. The van der Waals surface area contributed by atoms with Crippen molar-refractivity contribution in [2.45, 2.75) is 6.92 Å². The number of methoxy groups -OCH3 is 1. The first-order chi connectivity index (χ1) is 11.1. The van der Waals surface area contributed by atoms with Crippen LogP contribution < -0.4 is 10.2 Å². The van der Waals surface area contributed by atoms with Gasteiger partial charge >= 0.3 is 0 Å². The van der Waals surface area contributed by atoms with Crippen molar-refractivity contribution >= 4 is 22.6 Å². The molecule has 0 saturated carbocycles. The molecule has 4 nitrogen and oxygen atoms in total. The maximum Gasteiger partial charge on any atom is 0.235 e. The summed E-state index contributed by atoms with van der Waals surface area (Å²) in [7, 11) is 1.49. The Morgan fingerprint density at radius 1 is 1.13 bits per heavy atom. The number of fused-ring (bicyclic) bond motifs is 1. The lowest BCUT2D eigenvalue weighted by molar-refractivity contribution is 0.0498. The molecule has 0 fully saturated rings. The lowest BCUT2D eigenvalue weighted by Gasteiger charge is -2.11. The van der Waals surface area contributed by atoms with Crippen molar-refractivity contribution in [3.63, 3.8) is 0 Å². The summed E-state index contributed by atoms with van der Waals surface area (Å²) in [5, 5.41) is 0.838. The lowest BCUT2D eigenvalue weighted by Crippen LogP contribution is -2.12. The van der Waals surface area contributed by atoms with Crippen LogP contribution in [0.4, 0.5) is 0 Å². The number of hydrogen-bond acceptors (Lipinski definition) is 4. The first-order valence-electron chi connectivity index (χ1n) is 7.05. The van der Waals surface area contributed by atoms with Crippen LogP contribution in [0.2, 0.25) is 5.02 Å². The second-order valence-corrected chi connectivity index (χ2v) is 5.58. The Bertz CT molecular complexity index is 897. The summed E-state index contributed by atoms with van der Waals surface area (Å²) in [5.41, 5.74) is 2.06. The number of halogens is 1. The zero-order valence-electron chi connectivity index (χ0n) is 12.8. The van der Waals surface area contributed by atoms with Crippen molar-refractivity contribution in [2.75, 3.05) is 13.9 Å². The molecular formula is C18H15ClO4. The highest BCUT2D eigenvalue weighted by Crippen LogP contribution is 2.31. The van der Waals surface area contributed by atoms with E-state index in [4.69, 9.17) is 25.5 Å². The molecule has 0 atom stereocenters. The minimum Gasteiger partial charge on any atom is -0.459 e. The van der Waals surface area contributed by atoms with E-state index in [1.165, 1.54) is 7.11 Å². The summed E-state index contributed by atoms with van der Waals surface area (Å²) >= 11 is 5.98. The van der Waals surface area contributed by atoms with Gasteiger partial charge in [0, 0.05) is 17.7 Å².